The van der Waals surface area contributed by atoms with Crippen molar-refractivity contribution in [3.8, 4) is 0 Å². The van der Waals surface area contributed by atoms with Gasteiger partial charge in [0, 0.05) is 11.4 Å². The van der Waals surface area contributed by atoms with E-state index >= 15 is 0 Å². The van der Waals surface area contributed by atoms with E-state index in [0.717, 1.165) is 22.6 Å². The predicted molar refractivity (Wildman–Crippen MR) is 80.1 cm³/mol. The Kier molecular flexibility index (Phi) is 3.35. The van der Waals surface area contributed by atoms with Crippen LogP contribution < -0.4 is 5.32 Å². The largest absolute Gasteiger partial charge is 0.367 e. The second-order valence-electron chi connectivity index (χ2n) is 4.79. The van der Waals surface area contributed by atoms with Crippen LogP contribution in [0.3, 0.4) is 0 Å². The number of hydrogen-bond acceptors (Lipinski definition) is 6. The Morgan fingerprint density at radius 1 is 1.30 bits per heavy atom. The summed E-state index contributed by atoms with van der Waals surface area (Å²) in [7, 11) is 0. The highest BCUT2D eigenvalue weighted by molar-refractivity contribution is 7.18. The SMILES string of the molecule is Cc1sc2ncnc(NC[C@H](C)n3cncn3)c2c1C. The van der Waals surface area contributed by atoms with E-state index in [4.69, 9.17) is 0 Å². The van der Waals surface area contributed by atoms with Gasteiger partial charge in [0.2, 0.25) is 0 Å². The normalized spacial score (nSPS) is 12.8. The van der Waals surface area contributed by atoms with E-state index < -0.39 is 0 Å². The molecule has 7 heteroatoms. The molecule has 0 bridgehead atoms. The van der Waals surface area contributed by atoms with Crippen molar-refractivity contribution in [2.75, 3.05) is 11.9 Å². The molecule has 20 heavy (non-hydrogen) atoms. The molecule has 0 aliphatic carbocycles. The molecule has 0 spiro atoms. The van der Waals surface area contributed by atoms with Crippen molar-refractivity contribution in [2.45, 2.75) is 26.8 Å². The molecule has 0 aromatic carbocycles. The summed E-state index contributed by atoms with van der Waals surface area (Å²) >= 11 is 1.71. The number of hydrogen-bond donors (Lipinski definition) is 1. The fourth-order valence-electron chi connectivity index (χ4n) is 2.10. The monoisotopic (exact) mass is 288 g/mol. The van der Waals surface area contributed by atoms with Crippen LogP contribution in [0, 0.1) is 13.8 Å². The summed E-state index contributed by atoms with van der Waals surface area (Å²) in [6, 6.07) is 0.211. The van der Waals surface area contributed by atoms with Crippen LogP contribution in [0.2, 0.25) is 0 Å². The molecule has 0 amide bonds. The maximum atomic E-state index is 4.37. The molecule has 0 unspecified atom stereocenters. The standard InChI is InChI=1S/C13H16N6S/c1-8(19-7-14-5-18-19)4-15-12-11-9(2)10(3)20-13(11)17-6-16-12/h5-8H,4H2,1-3H3,(H,15,16,17)/t8-/m0/s1. The molecule has 0 saturated heterocycles. The van der Waals surface area contributed by atoms with Crippen LogP contribution in [0.4, 0.5) is 5.82 Å². The molecule has 3 rings (SSSR count). The Hall–Kier alpha value is -2.02. The van der Waals surface area contributed by atoms with E-state index in [1.54, 1.807) is 30.3 Å². The van der Waals surface area contributed by atoms with Gasteiger partial charge in [-0.3, -0.25) is 0 Å². The summed E-state index contributed by atoms with van der Waals surface area (Å²) in [6.45, 7) is 7.06. The highest BCUT2D eigenvalue weighted by atomic mass is 32.1. The minimum absolute atomic E-state index is 0.211. The number of aromatic nitrogens is 5. The second-order valence-corrected chi connectivity index (χ2v) is 5.99. The lowest BCUT2D eigenvalue weighted by atomic mass is 10.2. The van der Waals surface area contributed by atoms with E-state index in [1.165, 1.54) is 10.4 Å². The Labute approximate surface area is 120 Å². The summed E-state index contributed by atoms with van der Waals surface area (Å²) < 4.78 is 1.83. The van der Waals surface area contributed by atoms with Gasteiger partial charge in [-0.1, -0.05) is 0 Å². The van der Waals surface area contributed by atoms with Gasteiger partial charge in [-0.25, -0.2) is 19.6 Å². The molecular weight excluding hydrogens is 272 g/mol. The fourth-order valence-corrected chi connectivity index (χ4v) is 3.10. The Bertz CT molecular complexity index is 718. The van der Waals surface area contributed by atoms with Crippen molar-refractivity contribution in [3.63, 3.8) is 0 Å². The van der Waals surface area contributed by atoms with Gasteiger partial charge in [-0.05, 0) is 26.3 Å². The third-order valence-electron chi connectivity index (χ3n) is 3.42. The molecule has 6 nitrogen and oxygen atoms in total. The van der Waals surface area contributed by atoms with Crippen LogP contribution >= 0.6 is 11.3 Å². The van der Waals surface area contributed by atoms with E-state index in [0.29, 0.717) is 0 Å². The van der Waals surface area contributed by atoms with Crippen LogP contribution in [0.25, 0.3) is 10.2 Å². The number of anilines is 1. The zero-order valence-corrected chi connectivity index (χ0v) is 12.5. The first-order valence-electron chi connectivity index (χ1n) is 6.45. The van der Waals surface area contributed by atoms with Gasteiger partial charge < -0.3 is 5.32 Å². The second kappa shape index (κ2) is 5.16. The van der Waals surface area contributed by atoms with Crippen molar-refractivity contribution in [1.29, 1.82) is 0 Å². The number of fused-ring (bicyclic) bond motifs is 1. The van der Waals surface area contributed by atoms with Crippen LogP contribution in [-0.2, 0) is 0 Å². The lowest BCUT2D eigenvalue weighted by Crippen LogP contribution is -2.17. The highest BCUT2D eigenvalue weighted by Crippen LogP contribution is 2.32. The van der Waals surface area contributed by atoms with Crippen molar-refractivity contribution >= 4 is 27.4 Å². The number of thiophene rings is 1. The maximum Gasteiger partial charge on any atom is 0.138 e. The van der Waals surface area contributed by atoms with Gasteiger partial charge in [0.05, 0.1) is 11.4 Å². The number of nitrogens with one attached hydrogen (secondary N) is 1. The maximum absolute atomic E-state index is 4.37. The van der Waals surface area contributed by atoms with Crippen LogP contribution in [-0.4, -0.2) is 31.3 Å². The molecule has 3 aromatic rings. The van der Waals surface area contributed by atoms with E-state index in [9.17, 15) is 0 Å². The predicted octanol–water partition coefficient (Wildman–Crippen LogP) is 2.57. The molecule has 3 heterocycles. The number of aryl methyl sites for hydroxylation is 2. The molecule has 0 saturated carbocycles. The smallest absolute Gasteiger partial charge is 0.138 e. The molecule has 1 atom stereocenters. The minimum atomic E-state index is 0.211. The van der Waals surface area contributed by atoms with Crippen LogP contribution in [0.15, 0.2) is 19.0 Å². The zero-order valence-electron chi connectivity index (χ0n) is 11.7. The number of rotatable bonds is 4. The van der Waals surface area contributed by atoms with Crippen molar-refractivity contribution in [3.05, 3.63) is 29.4 Å². The van der Waals surface area contributed by atoms with E-state index in [-0.39, 0.29) is 6.04 Å². The quantitative estimate of drug-likeness (QED) is 0.799. The highest BCUT2D eigenvalue weighted by Gasteiger charge is 2.13. The molecule has 0 radical (unpaired) electrons. The van der Waals surface area contributed by atoms with Gasteiger partial charge in [0.15, 0.2) is 0 Å². The Morgan fingerprint density at radius 3 is 2.90 bits per heavy atom. The van der Waals surface area contributed by atoms with Gasteiger partial charge >= 0.3 is 0 Å². The Morgan fingerprint density at radius 2 is 2.15 bits per heavy atom. The lowest BCUT2D eigenvalue weighted by molar-refractivity contribution is 0.510. The lowest BCUT2D eigenvalue weighted by Gasteiger charge is -2.13. The zero-order chi connectivity index (χ0) is 14.1. The molecule has 1 N–H and O–H groups in total. The average molecular weight is 288 g/mol. The summed E-state index contributed by atoms with van der Waals surface area (Å²) in [5, 5.41) is 8.67. The molecule has 3 aromatic heterocycles. The van der Waals surface area contributed by atoms with Gasteiger partial charge in [-0.15, -0.1) is 11.3 Å². The molecular formula is C13H16N6S. The molecule has 0 aliphatic rings. The fraction of sp³-hybridized carbons (Fsp3) is 0.385. The van der Waals surface area contributed by atoms with Gasteiger partial charge in [0.25, 0.3) is 0 Å². The van der Waals surface area contributed by atoms with Gasteiger partial charge in [0.1, 0.15) is 29.6 Å². The topological polar surface area (TPSA) is 68.5 Å². The van der Waals surface area contributed by atoms with E-state index in [2.05, 4.69) is 46.1 Å². The molecule has 0 fully saturated rings. The minimum Gasteiger partial charge on any atom is -0.367 e. The third-order valence-corrected chi connectivity index (χ3v) is 4.53. The van der Waals surface area contributed by atoms with Crippen LogP contribution in [0.5, 0.6) is 0 Å². The molecule has 0 aliphatic heterocycles. The Balaban J connectivity index is 1.84. The van der Waals surface area contributed by atoms with Crippen molar-refractivity contribution < 1.29 is 0 Å². The van der Waals surface area contributed by atoms with Crippen molar-refractivity contribution in [1.82, 2.24) is 24.7 Å². The summed E-state index contributed by atoms with van der Waals surface area (Å²) in [5.41, 5.74) is 1.25. The summed E-state index contributed by atoms with van der Waals surface area (Å²) in [5.74, 6) is 0.892. The first kappa shape index (κ1) is 13.0. The first-order valence-corrected chi connectivity index (χ1v) is 7.27. The summed E-state index contributed by atoms with van der Waals surface area (Å²) in [4.78, 5) is 15.0. The first-order chi connectivity index (χ1) is 9.66. The van der Waals surface area contributed by atoms with Gasteiger partial charge in [-0.2, -0.15) is 5.10 Å². The summed E-state index contributed by atoms with van der Waals surface area (Å²) in [6.07, 6.45) is 4.88. The van der Waals surface area contributed by atoms with E-state index in [1.807, 2.05) is 4.68 Å². The van der Waals surface area contributed by atoms with Crippen molar-refractivity contribution in [2.24, 2.45) is 0 Å². The number of nitrogens with zero attached hydrogens (tertiary/aromatic N) is 5. The average Bonchev–Trinajstić information content (AvgIpc) is 3.06. The third kappa shape index (κ3) is 2.24. The molecule has 104 valence electrons. The van der Waals surface area contributed by atoms with Crippen LogP contribution in [0.1, 0.15) is 23.4 Å².